The highest BCUT2D eigenvalue weighted by Gasteiger charge is 2.32. The minimum Gasteiger partial charge on any atom is -0.497 e. The normalized spacial score (nSPS) is 14.6. The standard InChI is InChI=1S/C31H26N4O3S/c1-37-24-16-14-21(15-17-24)25-19-26(27-13-8-18-38-27)35(34-25)28(36)20-39-31-32-29(22-9-4-2-5-10-22)30(33-31)23-11-6-3-7-12-23/h2-19,26,34H,20H2,1H3,(H,32,33)/t26-/m1/s1. The molecule has 0 unspecified atom stereocenters. The number of carbonyl (C=O) groups is 1. The lowest BCUT2D eigenvalue weighted by Crippen LogP contribution is -2.40. The van der Waals surface area contributed by atoms with Crippen molar-refractivity contribution in [2.24, 2.45) is 0 Å². The van der Waals surface area contributed by atoms with Crippen molar-refractivity contribution >= 4 is 23.4 Å². The van der Waals surface area contributed by atoms with Gasteiger partial charge < -0.3 is 14.1 Å². The number of hydrazine groups is 1. The summed E-state index contributed by atoms with van der Waals surface area (Å²) >= 11 is 1.37. The summed E-state index contributed by atoms with van der Waals surface area (Å²) in [6.07, 6.45) is 3.61. The molecule has 0 saturated heterocycles. The number of aromatic amines is 1. The zero-order valence-electron chi connectivity index (χ0n) is 21.2. The number of hydrogen-bond acceptors (Lipinski definition) is 6. The Morgan fingerprint density at radius 3 is 2.31 bits per heavy atom. The fraction of sp³-hybridized carbons (Fsp3) is 0.0968. The molecule has 0 radical (unpaired) electrons. The Labute approximate surface area is 230 Å². The third kappa shape index (κ3) is 5.19. The smallest absolute Gasteiger partial charge is 0.252 e. The maximum atomic E-state index is 13.5. The summed E-state index contributed by atoms with van der Waals surface area (Å²) in [5.41, 5.74) is 8.89. The van der Waals surface area contributed by atoms with Crippen molar-refractivity contribution in [2.75, 3.05) is 12.9 Å². The molecule has 39 heavy (non-hydrogen) atoms. The Hall–Kier alpha value is -4.69. The van der Waals surface area contributed by atoms with Gasteiger partial charge in [0.15, 0.2) is 5.16 Å². The van der Waals surface area contributed by atoms with Gasteiger partial charge in [-0.3, -0.25) is 10.2 Å². The van der Waals surface area contributed by atoms with Gasteiger partial charge in [0.2, 0.25) is 0 Å². The van der Waals surface area contributed by atoms with E-state index in [1.165, 1.54) is 11.8 Å². The van der Waals surface area contributed by atoms with Gasteiger partial charge in [-0.05, 0) is 48.0 Å². The number of aromatic nitrogens is 2. The van der Waals surface area contributed by atoms with Crippen LogP contribution in [0.15, 0.2) is 119 Å². The molecule has 3 aromatic carbocycles. The van der Waals surface area contributed by atoms with E-state index in [1.807, 2.05) is 103 Å². The molecule has 0 bridgehead atoms. The first-order valence-electron chi connectivity index (χ1n) is 12.5. The molecule has 0 saturated carbocycles. The fourth-order valence-electron chi connectivity index (χ4n) is 4.52. The average Bonchev–Trinajstić information content (AvgIpc) is 3.77. The van der Waals surface area contributed by atoms with E-state index in [4.69, 9.17) is 14.1 Å². The molecule has 8 heteroatoms. The highest BCUT2D eigenvalue weighted by molar-refractivity contribution is 7.99. The van der Waals surface area contributed by atoms with Crippen LogP contribution in [0.1, 0.15) is 17.4 Å². The molecule has 6 rings (SSSR count). The Bertz CT molecular complexity index is 1520. The van der Waals surface area contributed by atoms with Gasteiger partial charge in [0.05, 0.1) is 36.2 Å². The summed E-state index contributed by atoms with van der Waals surface area (Å²) in [5.74, 6) is 1.54. The average molecular weight is 535 g/mol. The predicted molar refractivity (Wildman–Crippen MR) is 153 cm³/mol. The first kappa shape index (κ1) is 24.6. The van der Waals surface area contributed by atoms with Crippen LogP contribution in [0.4, 0.5) is 0 Å². The van der Waals surface area contributed by atoms with Gasteiger partial charge in [-0.15, -0.1) is 0 Å². The van der Waals surface area contributed by atoms with Gasteiger partial charge in [-0.1, -0.05) is 72.4 Å². The van der Waals surface area contributed by atoms with E-state index in [0.29, 0.717) is 10.9 Å². The van der Waals surface area contributed by atoms with E-state index in [0.717, 1.165) is 39.5 Å². The number of nitrogens with one attached hydrogen (secondary N) is 2. The number of nitrogens with zero attached hydrogens (tertiary/aromatic N) is 2. The van der Waals surface area contributed by atoms with Gasteiger partial charge in [0, 0.05) is 11.1 Å². The third-order valence-electron chi connectivity index (χ3n) is 6.47. The van der Waals surface area contributed by atoms with Crippen LogP contribution in [0.5, 0.6) is 5.75 Å². The maximum Gasteiger partial charge on any atom is 0.252 e. The zero-order chi connectivity index (χ0) is 26.6. The highest BCUT2D eigenvalue weighted by Crippen LogP contribution is 2.35. The quantitative estimate of drug-likeness (QED) is 0.219. The van der Waals surface area contributed by atoms with Crippen molar-refractivity contribution in [2.45, 2.75) is 11.2 Å². The number of hydrogen-bond donors (Lipinski definition) is 2. The zero-order valence-corrected chi connectivity index (χ0v) is 22.0. The lowest BCUT2D eigenvalue weighted by molar-refractivity contribution is -0.131. The van der Waals surface area contributed by atoms with Crippen LogP contribution in [0, 0.1) is 0 Å². The summed E-state index contributed by atoms with van der Waals surface area (Å²) < 4.78 is 11.0. The van der Waals surface area contributed by atoms with Crippen LogP contribution < -0.4 is 10.2 Å². The minimum absolute atomic E-state index is 0.0971. The van der Waals surface area contributed by atoms with E-state index in [1.54, 1.807) is 18.4 Å². The lowest BCUT2D eigenvalue weighted by atomic mass is 10.1. The maximum absolute atomic E-state index is 13.5. The van der Waals surface area contributed by atoms with Crippen LogP contribution in [-0.2, 0) is 4.79 Å². The van der Waals surface area contributed by atoms with Crippen LogP contribution >= 0.6 is 11.8 Å². The fourth-order valence-corrected chi connectivity index (χ4v) is 5.25. The van der Waals surface area contributed by atoms with Gasteiger partial charge in [0.25, 0.3) is 5.91 Å². The molecule has 2 aromatic heterocycles. The van der Waals surface area contributed by atoms with Crippen molar-refractivity contribution in [1.82, 2.24) is 20.4 Å². The first-order valence-corrected chi connectivity index (χ1v) is 13.5. The summed E-state index contributed by atoms with van der Waals surface area (Å²) in [6.45, 7) is 0. The van der Waals surface area contributed by atoms with Crippen molar-refractivity contribution in [1.29, 1.82) is 0 Å². The predicted octanol–water partition coefficient (Wildman–Crippen LogP) is 6.57. The second-order valence-electron chi connectivity index (χ2n) is 8.93. The molecule has 1 amide bonds. The number of imidazole rings is 1. The number of furan rings is 1. The van der Waals surface area contributed by atoms with Gasteiger partial charge in [-0.2, -0.15) is 0 Å². The molecular weight excluding hydrogens is 508 g/mol. The highest BCUT2D eigenvalue weighted by atomic mass is 32.2. The Morgan fingerprint density at radius 1 is 0.923 bits per heavy atom. The minimum atomic E-state index is -0.374. The van der Waals surface area contributed by atoms with Crippen LogP contribution in [-0.4, -0.2) is 33.7 Å². The molecule has 0 fully saturated rings. The van der Waals surface area contributed by atoms with Crippen LogP contribution in [0.2, 0.25) is 0 Å². The number of H-pyrrole nitrogens is 1. The Morgan fingerprint density at radius 2 is 1.64 bits per heavy atom. The van der Waals surface area contributed by atoms with E-state index in [-0.39, 0.29) is 17.7 Å². The van der Waals surface area contributed by atoms with E-state index in [9.17, 15) is 4.79 Å². The van der Waals surface area contributed by atoms with Gasteiger partial charge >= 0.3 is 0 Å². The van der Waals surface area contributed by atoms with Crippen molar-refractivity contribution in [3.8, 4) is 28.3 Å². The summed E-state index contributed by atoms with van der Waals surface area (Å²) in [6, 6.07) is 31.2. The molecular formula is C31H26N4O3S. The monoisotopic (exact) mass is 534 g/mol. The largest absolute Gasteiger partial charge is 0.497 e. The Kier molecular flexibility index (Phi) is 6.93. The van der Waals surface area contributed by atoms with Crippen LogP contribution in [0.25, 0.3) is 28.2 Å². The number of rotatable bonds is 8. The number of thioether (sulfide) groups is 1. The molecule has 1 atom stereocenters. The van der Waals surface area contributed by atoms with Gasteiger partial charge in [-0.25, -0.2) is 9.99 Å². The second kappa shape index (κ2) is 11.0. The second-order valence-corrected chi connectivity index (χ2v) is 9.89. The summed E-state index contributed by atoms with van der Waals surface area (Å²) in [4.78, 5) is 21.9. The number of methoxy groups -OCH3 is 1. The molecule has 0 spiro atoms. The summed E-state index contributed by atoms with van der Waals surface area (Å²) in [7, 11) is 1.64. The van der Waals surface area contributed by atoms with E-state index in [2.05, 4.69) is 10.4 Å². The molecule has 2 N–H and O–H groups in total. The molecule has 7 nitrogen and oxygen atoms in total. The molecule has 1 aliphatic heterocycles. The number of amides is 1. The Balaban J connectivity index is 1.23. The molecule has 194 valence electrons. The van der Waals surface area contributed by atoms with Gasteiger partial charge in [0.1, 0.15) is 17.6 Å². The number of ether oxygens (including phenoxy) is 1. The lowest BCUT2D eigenvalue weighted by Gasteiger charge is -2.23. The summed E-state index contributed by atoms with van der Waals surface area (Å²) in [5, 5.41) is 2.29. The molecule has 0 aliphatic carbocycles. The number of carbonyl (C=O) groups excluding carboxylic acids is 1. The van der Waals surface area contributed by atoms with Crippen molar-refractivity contribution in [3.05, 3.63) is 121 Å². The molecule has 5 aromatic rings. The van der Waals surface area contributed by atoms with Crippen molar-refractivity contribution < 1.29 is 13.9 Å². The van der Waals surface area contributed by atoms with Crippen molar-refractivity contribution in [3.63, 3.8) is 0 Å². The van der Waals surface area contributed by atoms with Crippen LogP contribution in [0.3, 0.4) is 0 Å². The number of benzene rings is 3. The molecule has 3 heterocycles. The first-order chi connectivity index (χ1) is 19.2. The molecule has 1 aliphatic rings. The third-order valence-corrected chi connectivity index (χ3v) is 7.33. The van der Waals surface area contributed by atoms with E-state index < -0.39 is 0 Å². The SMILES string of the molecule is COc1ccc(C2=C[C@H](c3ccco3)N(C(=O)CSc3nc(-c4ccccc4)c(-c4ccccc4)[nH]3)N2)cc1. The topological polar surface area (TPSA) is 83.4 Å². The van der Waals surface area contributed by atoms with E-state index >= 15 is 0 Å².